The second-order valence-corrected chi connectivity index (χ2v) is 3.75. The summed E-state index contributed by atoms with van der Waals surface area (Å²) in [6.45, 7) is 0.949. The van der Waals surface area contributed by atoms with Crippen molar-refractivity contribution in [1.29, 1.82) is 0 Å². The van der Waals surface area contributed by atoms with E-state index in [0.717, 1.165) is 5.56 Å². The Labute approximate surface area is 102 Å². The van der Waals surface area contributed by atoms with E-state index >= 15 is 0 Å². The van der Waals surface area contributed by atoms with Gasteiger partial charge in [0.15, 0.2) is 0 Å². The molecule has 0 bridgehead atoms. The SMILES string of the molecule is NC/C=C/CNC(=O)[C@@H](N)Cc1ccccc1. The van der Waals surface area contributed by atoms with Crippen molar-refractivity contribution in [3.8, 4) is 0 Å². The number of carbonyl (C=O) groups excluding carboxylic acids is 1. The molecule has 0 aliphatic carbocycles. The number of amides is 1. The minimum Gasteiger partial charge on any atom is -0.351 e. The maximum absolute atomic E-state index is 11.6. The average molecular weight is 233 g/mol. The van der Waals surface area contributed by atoms with E-state index in [1.807, 2.05) is 36.4 Å². The topological polar surface area (TPSA) is 81.1 Å². The molecule has 0 fully saturated rings. The predicted octanol–water partition coefficient (Wildman–Crippen LogP) is 0.188. The molecule has 17 heavy (non-hydrogen) atoms. The van der Waals surface area contributed by atoms with Crippen molar-refractivity contribution in [2.45, 2.75) is 12.5 Å². The number of hydrogen-bond acceptors (Lipinski definition) is 3. The maximum atomic E-state index is 11.6. The van der Waals surface area contributed by atoms with E-state index in [9.17, 15) is 4.79 Å². The van der Waals surface area contributed by atoms with Crippen molar-refractivity contribution < 1.29 is 4.79 Å². The van der Waals surface area contributed by atoms with Gasteiger partial charge in [0.25, 0.3) is 0 Å². The first-order valence-corrected chi connectivity index (χ1v) is 5.66. The van der Waals surface area contributed by atoms with Gasteiger partial charge in [0.1, 0.15) is 0 Å². The van der Waals surface area contributed by atoms with Crippen molar-refractivity contribution in [2.75, 3.05) is 13.1 Å². The molecule has 0 radical (unpaired) electrons. The Bertz CT molecular complexity index is 362. The summed E-state index contributed by atoms with van der Waals surface area (Å²) in [4.78, 5) is 11.6. The Morgan fingerprint density at radius 1 is 1.29 bits per heavy atom. The lowest BCUT2D eigenvalue weighted by Gasteiger charge is -2.11. The van der Waals surface area contributed by atoms with Gasteiger partial charge in [0.2, 0.25) is 5.91 Å². The number of benzene rings is 1. The third-order valence-electron chi connectivity index (χ3n) is 2.33. The Morgan fingerprint density at radius 3 is 2.65 bits per heavy atom. The third-order valence-corrected chi connectivity index (χ3v) is 2.33. The van der Waals surface area contributed by atoms with Crippen LogP contribution < -0.4 is 16.8 Å². The van der Waals surface area contributed by atoms with Crippen molar-refractivity contribution in [3.63, 3.8) is 0 Å². The van der Waals surface area contributed by atoms with E-state index in [1.54, 1.807) is 6.08 Å². The van der Waals surface area contributed by atoms with Gasteiger partial charge in [-0.1, -0.05) is 42.5 Å². The molecule has 0 aromatic heterocycles. The Balaban J connectivity index is 2.34. The van der Waals surface area contributed by atoms with Crippen LogP contribution in [0.25, 0.3) is 0 Å². The minimum absolute atomic E-state index is 0.143. The highest BCUT2D eigenvalue weighted by molar-refractivity contribution is 5.81. The average Bonchev–Trinajstić information content (AvgIpc) is 2.35. The summed E-state index contributed by atoms with van der Waals surface area (Å²) in [5, 5.41) is 2.73. The van der Waals surface area contributed by atoms with Gasteiger partial charge in [0, 0.05) is 13.1 Å². The van der Waals surface area contributed by atoms with Gasteiger partial charge in [-0.25, -0.2) is 0 Å². The van der Waals surface area contributed by atoms with Crippen LogP contribution in [-0.4, -0.2) is 25.0 Å². The molecule has 92 valence electrons. The van der Waals surface area contributed by atoms with Gasteiger partial charge in [-0.2, -0.15) is 0 Å². The zero-order chi connectivity index (χ0) is 12.5. The first kappa shape index (κ1) is 13.4. The summed E-state index contributed by atoms with van der Waals surface area (Å²) in [6, 6.07) is 9.22. The molecule has 1 amide bonds. The molecular weight excluding hydrogens is 214 g/mol. The van der Waals surface area contributed by atoms with E-state index in [2.05, 4.69) is 5.32 Å². The van der Waals surface area contributed by atoms with E-state index in [0.29, 0.717) is 19.5 Å². The summed E-state index contributed by atoms with van der Waals surface area (Å²) in [7, 11) is 0. The largest absolute Gasteiger partial charge is 0.351 e. The quantitative estimate of drug-likeness (QED) is 0.613. The third kappa shape index (κ3) is 5.29. The van der Waals surface area contributed by atoms with Gasteiger partial charge in [-0.05, 0) is 12.0 Å². The number of hydrogen-bond donors (Lipinski definition) is 3. The van der Waals surface area contributed by atoms with Gasteiger partial charge in [0.05, 0.1) is 6.04 Å². The lowest BCUT2D eigenvalue weighted by Crippen LogP contribution is -2.42. The molecule has 0 aliphatic heterocycles. The van der Waals surface area contributed by atoms with Crippen LogP contribution in [0.15, 0.2) is 42.5 Å². The second-order valence-electron chi connectivity index (χ2n) is 3.75. The second kappa shape index (κ2) is 7.60. The van der Waals surface area contributed by atoms with Crippen molar-refractivity contribution in [1.82, 2.24) is 5.32 Å². The number of nitrogens with two attached hydrogens (primary N) is 2. The molecular formula is C13H19N3O. The van der Waals surface area contributed by atoms with Crippen LogP contribution in [0.1, 0.15) is 5.56 Å². The number of nitrogens with one attached hydrogen (secondary N) is 1. The molecule has 0 saturated carbocycles. The summed E-state index contributed by atoms with van der Waals surface area (Å²) in [5.74, 6) is -0.143. The standard InChI is InChI=1S/C13H19N3O/c14-8-4-5-9-16-13(17)12(15)10-11-6-2-1-3-7-11/h1-7,12H,8-10,14-15H2,(H,16,17)/b5-4+/t12-/m0/s1. The lowest BCUT2D eigenvalue weighted by atomic mass is 10.1. The van der Waals surface area contributed by atoms with Gasteiger partial charge in [-0.15, -0.1) is 0 Å². The van der Waals surface area contributed by atoms with Gasteiger partial charge in [-0.3, -0.25) is 4.79 Å². The molecule has 4 nitrogen and oxygen atoms in total. The highest BCUT2D eigenvalue weighted by Gasteiger charge is 2.12. The van der Waals surface area contributed by atoms with Crippen LogP contribution in [0.4, 0.5) is 0 Å². The fourth-order valence-electron chi connectivity index (χ4n) is 1.43. The smallest absolute Gasteiger partial charge is 0.237 e. The molecule has 0 spiro atoms. The molecule has 1 atom stereocenters. The fraction of sp³-hybridized carbons (Fsp3) is 0.308. The highest BCUT2D eigenvalue weighted by atomic mass is 16.2. The normalized spacial score (nSPS) is 12.6. The van der Waals surface area contributed by atoms with Gasteiger partial charge >= 0.3 is 0 Å². The fourth-order valence-corrected chi connectivity index (χ4v) is 1.43. The summed E-state index contributed by atoms with van der Waals surface area (Å²) >= 11 is 0. The first-order valence-electron chi connectivity index (χ1n) is 5.66. The summed E-state index contributed by atoms with van der Waals surface area (Å²) in [6.07, 6.45) is 4.16. The Kier molecular flexibility index (Phi) is 5.99. The molecule has 1 aromatic carbocycles. The van der Waals surface area contributed by atoms with Crippen molar-refractivity contribution >= 4 is 5.91 Å². The van der Waals surface area contributed by atoms with E-state index in [1.165, 1.54) is 0 Å². The molecule has 5 N–H and O–H groups in total. The molecule has 1 aromatic rings. The van der Waals surface area contributed by atoms with Crippen molar-refractivity contribution in [3.05, 3.63) is 48.0 Å². The van der Waals surface area contributed by atoms with E-state index < -0.39 is 6.04 Å². The highest BCUT2D eigenvalue weighted by Crippen LogP contribution is 2.01. The zero-order valence-corrected chi connectivity index (χ0v) is 9.80. The Morgan fingerprint density at radius 2 is 2.00 bits per heavy atom. The lowest BCUT2D eigenvalue weighted by molar-refractivity contribution is -0.122. The molecule has 0 heterocycles. The monoisotopic (exact) mass is 233 g/mol. The zero-order valence-electron chi connectivity index (χ0n) is 9.80. The van der Waals surface area contributed by atoms with Crippen LogP contribution in [-0.2, 0) is 11.2 Å². The van der Waals surface area contributed by atoms with Gasteiger partial charge < -0.3 is 16.8 Å². The summed E-state index contributed by atoms with van der Waals surface area (Å²) in [5.41, 5.74) is 12.1. The predicted molar refractivity (Wildman–Crippen MR) is 69.3 cm³/mol. The minimum atomic E-state index is -0.510. The van der Waals surface area contributed by atoms with E-state index in [4.69, 9.17) is 11.5 Å². The number of rotatable bonds is 6. The van der Waals surface area contributed by atoms with Crippen LogP contribution >= 0.6 is 0 Å². The molecule has 0 saturated heterocycles. The Hall–Kier alpha value is -1.65. The van der Waals surface area contributed by atoms with Crippen LogP contribution in [0.2, 0.25) is 0 Å². The van der Waals surface area contributed by atoms with Crippen molar-refractivity contribution in [2.24, 2.45) is 11.5 Å². The maximum Gasteiger partial charge on any atom is 0.237 e. The number of carbonyl (C=O) groups is 1. The molecule has 0 unspecified atom stereocenters. The van der Waals surface area contributed by atoms with Crippen LogP contribution in [0.3, 0.4) is 0 Å². The molecule has 1 rings (SSSR count). The van der Waals surface area contributed by atoms with Crippen LogP contribution in [0.5, 0.6) is 0 Å². The van der Waals surface area contributed by atoms with Crippen LogP contribution in [0, 0.1) is 0 Å². The first-order chi connectivity index (χ1) is 8.24. The molecule has 0 aliphatic rings. The summed E-state index contributed by atoms with van der Waals surface area (Å²) < 4.78 is 0. The van der Waals surface area contributed by atoms with E-state index in [-0.39, 0.29) is 5.91 Å². The molecule has 4 heteroatoms.